The lowest BCUT2D eigenvalue weighted by Crippen LogP contribution is -1.89. The SMILES string of the molecule is CCCCCCCCCCCCCCc1ccc2c(ccc3c4ccc(CCCCCCCCCCCCCC)cc4ccc23)c1. The summed E-state index contributed by atoms with van der Waals surface area (Å²) in [4.78, 5) is 0. The van der Waals surface area contributed by atoms with Gasteiger partial charge in [0.1, 0.15) is 0 Å². The highest BCUT2D eigenvalue weighted by Gasteiger charge is 2.07. The second-order valence-electron chi connectivity index (χ2n) is 14.6. The standard InChI is InChI=1S/C46H68/c1-3-5-7-9-11-13-15-17-19-21-23-25-27-39-29-33-43-41(37-39)31-35-46-44-34-30-40(38-42(44)32-36-45(43)46)28-26-24-22-20-18-16-14-12-10-8-6-4-2/h29-38H,3-28H2,1-2H3. The number of fused-ring (bicyclic) bond motifs is 5. The second-order valence-corrected chi connectivity index (χ2v) is 14.6. The Morgan fingerprint density at radius 2 is 0.565 bits per heavy atom. The van der Waals surface area contributed by atoms with Gasteiger partial charge in [-0.15, -0.1) is 0 Å². The van der Waals surface area contributed by atoms with Gasteiger partial charge in [-0.05, 0) is 69.1 Å². The average Bonchev–Trinajstić information content (AvgIpc) is 3.08. The van der Waals surface area contributed by atoms with Crippen molar-refractivity contribution in [1.29, 1.82) is 0 Å². The minimum absolute atomic E-state index is 1.21. The molecule has 0 heteroatoms. The van der Waals surface area contributed by atoms with Crippen molar-refractivity contribution in [2.24, 2.45) is 0 Å². The maximum atomic E-state index is 2.45. The van der Waals surface area contributed by atoms with E-state index in [1.54, 1.807) is 0 Å². The summed E-state index contributed by atoms with van der Waals surface area (Å²) in [6.07, 6.45) is 36.4. The van der Waals surface area contributed by atoms with Gasteiger partial charge in [0.25, 0.3) is 0 Å². The number of unbranched alkanes of at least 4 members (excludes halogenated alkanes) is 22. The van der Waals surface area contributed by atoms with Crippen LogP contribution in [0.15, 0.2) is 60.7 Å². The molecule has 0 saturated carbocycles. The third-order valence-electron chi connectivity index (χ3n) is 10.6. The number of rotatable bonds is 26. The lowest BCUT2D eigenvalue weighted by molar-refractivity contribution is 0.544. The molecule has 4 aromatic rings. The Morgan fingerprint density at radius 1 is 0.283 bits per heavy atom. The van der Waals surface area contributed by atoms with Crippen LogP contribution in [0.5, 0.6) is 0 Å². The quantitative estimate of drug-likeness (QED) is 0.0484. The van der Waals surface area contributed by atoms with Crippen LogP contribution in [-0.2, 0) is 12.8 Å². The van der Waals surface area contributed by atoms with E-state index in [0.29, 0.717) is 0 Å². The molecule has 46 heavy (non-hydrogen) atoms. The van der Waals surface area contributed by atoms with Crippen molar-refractivity contribution in [3.05, 3.63) is 71.8 Å². The zero-order valence-corrected chi connectivity index (χ0v) is 30.2. The first-order chi connectivity index (χ1) is 22.8. The van der Waals surface area contributed by atoms with Crippen LogP contribution < -0.4 is 0 Å². The highest BCUT2D eigenvalue weighted by atomic mass is 14.1. The minimum Gasteiger partial charge on any atom is -0.0654 e. The van der Waals surface area contributed by atoms with Gasteiger partial charge in [0.15, 0.2) is 0 Å². The van der Waals surface area contributed by atoms with Crippen LogP contribution in [-0.4, -0.2) is 0 Å². The molecule has 0 fully saturated rings. The van der Waals surface area contributed by atoms with Crippen molar-refractivity contribution in [2.75, 3.05) is 0 Å². The van der Waals surface area contributed by atoms with E-state index in [1.807, 2.05) is 0 Å². The molecule has 4 aromatic carbocycles. The summed E-state index contributed by atoms with van der Waals surface area (Å²) in [6.45, 7) is 4.61. The zero-order chi connectivity index (χ0) is 32.1. The number of benzene rings is 4. The summed E-state index contributed by atoms with van der Waals surface area (Å²) < 4.78 is 0. The van der Waals surface area contributed by atoms with Crippen LogP contribution in [0.25, 0.3) is 32.3 Å². The third kappa shape index (κ3) is 12.7. The summed E-state index contributed by atoms with van der Waals surface area (Å²) in [7, 11) is 0. The molecule has 0 atom stereocenters. The van der Waals surface area contributed by atoms with Gasteiger partial charge in [-0.1, -0.05) is 216 Å². The smallest absolute Gasteiger partial charge is 0.00990 e. The lowest BCUT2D eigenvalue weighted by atomic mass is 9.94. The molecule has 0 heterocycles. The third-order valence-corrected chi connectivity index (χ3v) is 10.6. The summed E-state index contributed by atoms with van der Waals surface area (Å²) in [5.41, 5.74) is 3.00. The Labute approximate surface area is 284 Å². The molecule has 0 aliphatic carbocycles. The van der Waals surface area contributed by atoms with Crippen molar-refractivity contribution in [3.63, 3.8) is 0 Å². The van der Waals surface area contributed by atoms with E-state index < -0.39 is 0 Å². The summed E-state index contributed by atoms with van der Waals surface area (Å²) in [5, 5.41) is 8.39. The number of hydrogen-bond donors (Lipinski definition) is 0. The molecular formula is C46H68. The van der Waals surface area contributed by atoms with Crippen molar-refractivity contribution < 1.29 is 0 Å². The van der Waals surface area contributed by atoms with Crippen LogP contribution in [0.2, 0.25) is 0 Å². The molecule has 0 aliphatic rings. The van der Waals surface area contributed by atoms with E-state index >= 15 is 0 Å². The van der Waals surface area contributed by atoms with E-state index in [-0.39, 0.29) is 0 Å². The molecule has 0 amide bonds. The fourth-order valence-electron chi connectivity index (χ4n) is 7.64. The zero-order valence-electron chi connectivity index (χ0n) is 30.2. The highest BCUT2D eigenvalue weighted by Crippen LogP contribution is 2.32. The first kappa shape index (κ1) is 36.5. The molecule has 0 aliphatic heterocycles. The number of aryl methyl sites for hydroxylation is 2. The average molecular weight is 621 g/mol. The molecule has 4 rings (SSSR count). The van der Waals surface area contributed by atoms with E-state index in [2.05, 4.69) is 74.5 Å². The van der Waals surface area contributed by atoms with Gasteiger partial charge in [-0.25, -0.2) is 0 Å². The van der Waals surface area contributed by atoms with Gasteiger partial charge < -0.3 is 0 Å². The lowest BCUT2D eigenvalue weighted by Gasteiger charge is -2.11. The normalized spacial score (nSPS) is 11.8. The Balaban J connectivity index is 1.16. The van der Waals surface area contributed by atoms with Crippen molar-refractivity contribution in [3.8, 4) is 0 Å². The molecule has 0 spiro atoms. The van der Waals surface area contributed by atoms with E-state index in [9.17, 15) is 0 Å². The molecular weight excluding hydrogens is 553 g/mol. The van der Waals surface area contributed by atoms with Gasteiger partial charge in [0.2, 0.25) is 0 Å². The maximum Gasteiger partial charge on any atom is -0.00990 e. The fraction of sp³-hybridized carbons (Fsp3) is 0.609. The molecule has 0 nitrogen and oxygen atoms in total. The van der Waals surface area contributed by atoms with Crippen LogP contribution >= 0.6 is 0 Å². The summed E-state index contributed by atoms with van der Waals surface area (Å²) in [5.74, 6) is 0. The van der Waals surface area contributed by atoms with Crippen LogP contribution in [0, 0.1) is 0 Å². The van der Waals surface area contributed by atoms with Crippen molar-refractivity contribution >= 4 is 32.3 Å². The molecule has 252 valence electrons. The molecule has 0 bridgehead atoms. The predicted octanol–water partition coefficient (Wildman–Crippen LogP) is 15.6. The van der Waals surface area contributed by atoms with Crippen LogP contribution in [0.1, 0.15) is 179 Å². The Morgan fingerprint density at radius 3 is 0.891 bits per heavy atom. The van der Waals surface area contributed by atoms with Crippen LogP contribution in [0.4, 0.5) is 0 Å². The van der Waals surface area contributed by atoms with Gasteiger partial charge >= 0.3 is 0 Å². The first-order valence-electron chi connectivity index (χ1n) is 20.2. The molecule has 0 radical (unpaired) electrons. The molecule has 0 saturated heterocycles. The Bertz CT molecular complexity index is 1270. The number of hydrogen-bond acceptors (Lipinski definition) is 0. The summed E-state index contributed by atoms with van der Waals surface area (Å²) >= 11 is 0. The maximum absolute atomic E-state index is 2.45. The monoisotopic (exact) mass is 621 g/mol. The Hall–Kier alpha value is -2.34. The predicted molar refractivity (Wildman–Crippen MR) is 209 cm³/mol. The largest absolute Gasteiger partial charge is 0.0654 e. The molecule has 0 unspecified atom stereocenters. The highest BCUT2D eigenvalue weighted by molar-refractivity contribution is 6.17. The fourth-order valence-corrected chi connectivity index (χ4v) is 7.64. The molecule has 0 aromatic heterocycles. The van der Waals surface area contributed by atoms with Crippen molar-refractivity contribution in [2.45, 2.75) is 181 Å². The first-order valence-corrected chi connectivity index (χ1v) is 20.2. The van der Waals surface area contributed by atoms with E-state index in [4.69, 9.17) is 0 Å². The Kier molecular flexibility index (Phi) is 17.7. The van der Waals surface area contributed by atoms with E-state index in [0.717, 1.165) is 0 Å². The van der Waals surface area contributed by atoms with Crippen LogP contribution in [0.3, 0.4) is 0 Å². The minimum atomic E-state index is 1.21. The summed E-state index contributed by atoms with van der Waals surface area (Å²) in [6, 6.07) is 23.9. The van der Waals surface area contributed by atoms with Gasteiger partial charge in [-0.3, -0.25) is 0 Å². The van der Waals surface area contributed by atoms with Gasteiger partial charge in [0.05, 0.1) is 0 Å². The molecule has 0 N–H and O–H groups in total. The van der Waals surface area contributed by atoms with E-state index in [1.165, 1.54) is 210 Å². The topological polar surface area (TPSA) is 0 Å². The van der Waals surface area contributed by atoms with Gasteiger partial charge in [0, 0.05) is 0 Å². The second kappa shape index (κ2) is 22.3. The van der Waals surface area contributed by atoms with Crippen molar-refractivity contribution in [1.82, 2.24) is 0 Å². The van der Waals surface area contributed by atoms with Gasteiger partial charge in [-0.2, -0.15) is 0 Å².